The van der Waals surface area contributed by atoms with E-state index >= 15 is 0 Å². The van der Waals surface area contributed by atoms with Crippen LogP contribution in [0.4, 0.5) is 0 Å². The zero-order valence-corrected chi connectivity index (χ0v) is 15.5. The van der Waals surface area contributed by atoms with Gasteiger partial charge >= 0.3 is 6.72 Å². The molecule has 0 aliphatic heterocycles. The summed E-state index contributed by atoms with van der Waals surface area (Å²) in [5, 5.41) is 0. The Labute approximate surface area is 135 Å². The molecular formula is C11H20Cl3O3PS. The molecule has 0 bridgehead atoms. The Bertz CT molecular complexity index is 350. The SMILES string of the molecule is CCOP(=S)(OCC)OC(C1CC1(C)C)C(Cl)(Cl)Cl. The van der Waals surface area contributed by atoms with E-state index in [1.165, 1.54) is 0 Å². The van der Waals surface area contributed by atoms with Gasteiger partial charge < -0.3 is 13.6 Å². The molecule has 0 saturated heterocycles. The monoisotopic (exact) mass is 368 g/mol. The molecule has 2 atom stereocenters. The standard InChI is InChI=1S/C11H20Cl3O3PS/c1-5-15-18(19,16-6-2)17-9(11(12,13)14)8-7-10(8,3)4/h8-9H,5-7H2,1-4H3. The van der Waals surface area contributed by atoms with Gasteiger partial charge in [0.1, 0.15) is 6.10 Å². The van der Waals surface area contributed by atoms with Crippen LogP contribution in [-0.2, 0) is 25.4 Å². The van der Waals surface area contributed by atoms with Gasteiger partial charge in [-0.2, -0.15) is 0 Å². The largest absolute Gasteiger partial charge is 0.327 e. The summed E-state index contributed by atoms with van der Waals surface area (Å²) in [4.78, 5) is 0. The molecule has 1 fully saturated rings. The van der Waals surface area contributed by atoms with Crippen molar-refractivity contribution in [3.05, 3.63) is 0 Å². The van der Waals surface area contributed by atoms with E-state index in [1.807, 2.05) is 13.8 Å². The summed E-state index contributed by atoms with van der Waals surface area (Å²) in [5.41, 5.74) is 0.0905. The highest BCUT2D eigenvalue weighted by molar-refractivity contribution is 8.07. The number of hydrogen-bond donors (Lipinski definition) is 0. The van der Waals surface area contributed by atoms with Crippen LogP contribution in [0.5, 0.6) is 0 Å². The first kappa shape index (κ1) is 18.4. The molecule has 0 N–H and O–H groups in total. The third-order valence-corrected chi connectivity index (χ3v) is 6.26. The Kier molecular flexibility index (Phi) is 6.47. The van der Waals surface area contributed by atoms with Crippen molar-refractivity contribution in [3.8, 4) is 0 Å². The highest BCUT2D eigenvalue weighted by atomic mass is 35.6. The normalized spacial score (nSPS) is 24.3. The maximum atomic E-state index is 6.03. The quantitative estimate of drug-likeness (QED) is 0.462. The maximum absolute atomic E-state index is 6.03. The minimum Gasteiger partial charge on any atom is -0.309 e. The molecule has 19 heavy (non-hydrogen) atoms. The zero-order valence-electron chi connectivity index (χ0n) is 11.5. The molecule has 114 valence electrons. The highest BCUT2D eigenvalue weighted by Crippen LogP contribution is 2.63. The highest BCUT2D eigenvalue weighted by Gasteiger charge is 2.58. The van der Waals surface area contributed by atoms with E-state index in [2.05, 4.69) is 13.8 Å². The predicted molar refractivity (Wildman–Crippen MR) is 84.6 cm³/mol. The van der Waals surface area contributed by atoms with Crippen LogP contribution >= 0.6 is 41.5 Å². The van der Waals surface area contributed by atoms with Crippen molar-refractivity contribution >= 4 is 53.3 Å². The van der Waals surface area contributed by atoms with Gasteiger partial charge in [-0.1, -0.05) is 48.7 Å². The van der Waals surface area contributed by atoms with Crippen LogP contribution in [0, 0.1) is 11.3 Å². The Hall–Kier alpha value is 1.40. The van der Waals surface area contributed by atoms with Crippen LogP contribution in [0.15, 0.2) is 0 Å². The lowest BCUT2D eigenvalue weighted by atomic mass is 10.1. The molecule has 2 unspecified atom stereocenters. The topological polar surface area (TPSA) is 27.7 Å². The summed E-state index contributed by atoms with van der Waals surface area (Å²) in [5.74, 6) is 0.142. The van der Waals surface area contributed by atoms with Crippen LogP contribution in [0.2, 0.25) is 0 Å². The lowest BCUT2D eigenvalue weighted by Crippen LogP contribution is -2.32. The van der Waals surface area contributed by atoms with Crippen LogP contribution in [0.3, 0.4) is 0 Å². The van der Waals surface area contributed by atoms with Gasteiger partial charge in [0.2, 0.25) is 3.79 Å². The lowest BCUT2D eigenvalue weighted by molar-refractivity contribution is 0.103. The van der Waals surface area contributed by atoms with Gasteiger partial charge in [0.05, 0.1) is 13.2 Å². The average molecular weight is 370 g/mol. The summed E-state index contributed by atoms with van der Waals surface area (Å²) in [6.07, 6.45) is 0.315. The van der Waals surface area contributed by atoms with Gasteiger partial charge in [-0.25, -0.2) is 0 Å². The Morgan fingerprint density at radius 2 is 1.68 bits per heavy atom. The van der Waals surface area contributed by atoms with Crippen molar-refractivity contribution in [2.75, 3.05) is 13.2 Å². The van der Waals surface area contributed by atoms with Crippen molar-refractivity contribution in [2.45, 2.75) is 44.0 Å². The first-order valence-corrected chi connectivity index (χ1v) is 9.89. The first-order valence-electron chi connectivity index (χ1n) is 6.20. The molecular weight excluding hydrogens is 350 g/mol. The van der Waals surface area contributed by atoms with E-state index in [0.29, 0.717) is 13.2 Å². The van der Waals surface area contributed by atoms with E-state index in [-0.39, 0.29) is 11.3 Å². The van der Waals surface area contributed by atoms with E-state index < -0.39 is 16.6 Å². The van der Waals surface area contributed by atoms with Gasteiger partial charge in [-0.15, -0.1) is 0 Å². The molecule has 1 rings (SSSR count). The van der Waals surface area contributed by atoms with Crippen molar-refractivity contribution < 1.29 is 13.6 Å². The fraction of sp³-hybridized carbons (Fsp3) is 1.00. The van der Waals surface area contributed by atoms with Crippen LogP contribution < -0.4 is 0 Å². The molecule has 3 nitrogen and oxygen atoms in total. The van der Waals surface area contributed by atoms with Gasteiger partial charge in [0.25, 0.3) is 0 Å². The molecule has 1 saturated carbocycles. The summed E-state index contributed by atoms with van der Waals surface area (Å²) in [6.45, 7) is 5.81. The van der Waals surface area contributed by atoms with E-state index in [1.54, 1.807) is 0 Å². The van der Waals surface area contributed by atoms with Gasteiger partial charge in [0.15, 0.2) is 0 Å². The van der Waals surface area contributed by atoms with Crippen LogP contribution in [0.1, 0.15) is 34.1 Å². The minimum atomic E-state index is -2.86. The average Bonchev–Trinajstić information content (AvgIpc) is 2.83. The third kappa shape index (κ3) is 5.27. The van der Waals surface area contributed by atoms with E-state index in [9.17, 15) is 0 Å². The number of alkyl halides is 3. The number of hydrogen-bond acceptors (Lipinski definition) is 4. The van der Waals surface area contributed by atoms with Crippen molar-refractivity contribution in [1.29, 1.82) is 0 Å². The molecule has 8 heteroatoms. The Balaban J connectivity index is 2.85. The molecule has 0 aromatic rings. The van der Waals surface area contributed by atoms with E-state index in [0.717, 1.165) is 6.42 Å². The van der Waals surface area contributed by atoms with Crippen molar-refractivity contribution in [1.82, 2.24) is 0 Å². The second-order valence-corrected chi connectivity index (χ2v) is 10.5. The van der Waals surface area contributed by atoms with Crippen molar-refractivity contribution in [2.24, 2.45) is 11.3 Å². The first-order chi connectivity index (χ1) is 8.56. The maximum Gasteiger partial charge on any atom is 0.327 e. The molecule has 0 amide bonds. The summed E-state index contributed by atoms with van der Waals surface area (Å²) in [7, 11) is 0. The van der Waals surface area contributed by atoms with Crippen LogP contribution in [-0.4, -0.2) is 23.1 Å². The lowest BCUT2D eigenvalue weighted by Gasteiger charge is -2.31. The molecule has 1 aliphatic rings. The van der Waals surface area contributed by atoms with Gasteiger partial charge in [-0.05, 0) is 43.4 Å². The molecule has 0 aromatic heterocycles. The minimum absolute atomic E-state index is 0.0905. The molecule has 0 heterocycles. The summed E-state index contributed by atoms with van der Waals surface area (Å²) in [6, 6.07) is 0. The second-order valence-electron chi connectivity index (χ2n) is 5.15. The predicted octanol–water partition coefficient (Wildman–Crippen LogP) is 5.09. The molecule has 0 radical (unpaired) electrons. The fourth-order valence-electron chi connectivity index (χ4n) is 1.94. The number of halogens is 3. The molecule has 1 aliphatic carbocycles. The molecule has 0 spiro atoms. The van der Waals surface area contributed by atoms with Gasteiger partial charge in [-0.3, -0.25) is 0 Å². The van der Waals surface area contributed by atoms with Gasteiger partial charge in [0, 0.05) is 0 Å². The summed E-state index contributed by atoms with van der Waals surface area (Å²) < 4.78 is 15.2. The smallest absolute Gasteiger partial charge is 0.309 e. The fourth-order valence-corrected chi connectivity index (χ4v) is 5.04. The Morgan fingerprint density at radius 3 is 1.95 bits per heavy atom. The zero-order chi connectivity index (χ0) is 14.9. The van der Waals surface area contributed by atoms with Crippen molar-refractivity contribution in [3.63, 3.8) is 0 Å². The molecule has 0 aromatic carbocycles. The third-order valence-electron chi connectivity index (χ3n) is 3.09. The van der Waals surface area contributed by atoms with E-state index in [4.69, 9.17) is 60.2 Å². The number of rotatable bonds is 7. The second kappa shape index (κ2) is 6.66. The Morgan fingerprint density at radius 1 is 1.26 bits per heavy atom. The summed E-state index contributed by atoms with van der Waals surface area (Å²) >= 11 is 23.4. The van der Waals surface area contributed by atoms with Crippen LogP contribution in [0.25, 0.3) is 0 Å².